The largest absolute Gasteiger partial charge is 0.272 e. The lowest BCUT2D eigenvalue weighted by molar-refractivity contribution is -0.385. The molecule has 3 nitrogen and oxygen atoms in total. The molecule has 1 aromatic carbocycles. The Morgan fingerprint density at radius 1 is 1.36 bits per heavy atom. The summed E-state index contributed by atoms with van der Waals surface area (Å²) in [6.45, 7) is 1.72. The fraction of sp³-hybridized carbons (Fsp3) is 0.143. The highest BCUT2D eigenvalue weighted by atomic mass is 19.0. The number of para-hydroxylation sites is 1. The predicted molar refractivity (Wildman–Crippen MR) is 40.3 cm³/mol. The van der Waals surface area contributed by atoms with E-state index in [1.807, 2.05) is 0 Å². The minimum Gasteiger partial charge on any atom is -0.269 e. The maximum Gasteiger partial charge on any atom is 0.272 e. The van der Waals surface area contributed by atoms with Gasteiger partial charge in [-0.2, -0.15) is 0 Å². The normalized spacial score (nSPS) is 8.45. The molecule has 11 heavy (non-hydrogen) atoms. The van der Waals surface area contributed by atoms with E-state index in [0.717, 1.165) is 0 Å². The average Bonchev–Trinajstić information content (AvgIpc) is 1.88. The van der Waals surface area contributed by atoms with Crippen LogP contribution in [0.4, 0.5) is 10.4 Å². The van der Waals surface area contributed by atoms with Crippen molar-refractivity contribution < 1.29 is 9.63 Å². The molecular formula is C7H8FNO2. The summed E-state index contributed by atoms with van der Waals surface area (Å²) in [6, 6.07) is 6.65. The Kier molecular flexibility index (Phi) is 3.17. The number of nitro benzene ring substituents is 1. The monoisotopic (exact) mass is 157 g/mol. The minimum atomic E-state index is -0.380. The molecule has 0 N–H and O–H groups in total. The highest BCUT2D eigenvalue weighted by Crippen LogP contribution is 2.14. The minimum absolute atomic E-state index is 0. The second kappa shape index (κ2) is 3.65. The van der Waals surface area contributed by atoms with Crippen molar-refractivity contribution in [1.29, 1.82) is 0 Å². The first-order valence-corrected chi connectivity index (χ1v) is 2.92. The molecule has 0 heterocycles. The van der Waals surface area contributed by atoms with Crippen molar-refractivity contribution in [2.75, 3.05) is 0 Å². The van der Waals surface area contributed by atoms with E-state index in [0.29, 0.717) is 5.56 Å². The molecule has 0 unspecified atom stereocenters. The van der Waals surface area contributed by atoms with E-state index in [1.54, 1.807) is 25.1 Å². The molecule has 0 radical (unpaired) electrons. The van der Waals surface area contributed by atoms with Crippen molar-refractivity contribution in [3.05, 3.63) is 39.9 Å². The standard InChI is InChI=1S/C7H7NO2.FH/c1-6-4-2-3-5-7(6)8(9)10;/h2-5H,1H3;1H. The molecule has 0 saturated carbocycles. The van der Waals surface area contributed by atoms with Crippen LogP contribution in [0.2, 0.25) is 0 Å². The zero-order valence-electron chi connectivity index (χ0n) is 5.98. The van der Waals surface area contributed by atoms with E-state index in [2.05, 4.69) is 0 Å². The number of nitro groups is 1. The molecule has 4 heteroatoms. The smallest absolute Gasteiger partial charge is 0.269 e. The Morgan fingerprint density at radius 2 is 1.91 bits per heavy atom. The maximum atomic E-state index is 10.2. The molecule has 0 aliphatic rings. The lowest BCUT2D eigenvalue weighted by atomic mass is 10.2. The average molecular weight is 157 g/mol. The molecule has 0 aliphatic heterocycles. The first-order chi connectivity index (χ1) is 4.72. The van der Waals surface area contributed by atoms with Gasteiger partial charge in [0.2, 0.25) is 0 Å². The summed E-state index contributed by atoms with van der Waals surface area (Å²) in [7, 11) is 0. The highest BCUT2D eigenvalue weighted by Gasteiger charge is 2.05. The maximum absolute atomic E-state index is 10.2. The molecule has 0 fully saturated rings. The van der Waals surface area contributed by atoms with Gasteiger partial charge in [-0.05, 0) is 6.92 Å². The molecule has 0 atom stereocenters. The SMILES string of the molecule is Cc1ccccc1[N+](=O)[O-].F. The van der Waals surface area contributed by atoms with Gasteiger partial charge in [0.15, 0.2) is 0 Å². The molecule has 0 saturated heterocycles. The van der Waals surface area contributed by atoms with E-state index >= 15 is 0 Å². The van der Waals surface area contributed by atoms with Gasteiger partial charge in [-0.3, -0.25) is 14.8 Å². The quantitative estimate of drug-likeness (QED) is 0.462. The van der Waals surface area contributed by atoms with Gasteiger partial charge >= 0.3 is 0 Å². The Bertz CT molecular complexity index is 262. The third kappa shape index (κ3) is 2.00. The summed E-state index contributed by atoms with van der Waals surface area (Å²) >= 11 is 0. The van der Waals surface area contributed by atoms with Gasteiger partial charge in [-0.1, -0.05) is 18.2 Å². The van der Waals surface area contributed by atoms with Crippen molar-refractivity contribution in [3.8, 4) is 0 Å². The lowest BCUT2D eigenvalue weighted by Crippen LogP contribution is -1.89. The van der Waals surface area contributed by atoms with Crippen molar-refractivity contribution >= 4 is 5.69 Å². The van der Waals surface area contributed by atoms with E-state index < -0.39 is 0 Å². The van der Waals surface area contributed by atoms with Crippen molar-refractivity contribution in [2.24, 2.45) is 0 Å². The third-order valence-corrected chi connectivity index (χ3v) is 1.31. The number of halogens is 1. The summed E-state index contributed by atoms with van der Waals surface area (Å²) in [6.07, 6.45) is 0. The van der Waals surface area contributed by atoms with Crippen LogP contribution in [0.25, 0.3) is 0 Å². The Hall–Kier alpha value is -1.45. The molecule has 1 rings (SSSR count). The number of aryl methyl sites for hydroxylation is 1. The zero-order valence-corrected chi connectivity index (χ0v) is 5.98. The van der Waals surface area contributed by atoms with Gasteiger partial charge in [0.25, 0.3) is 5.69 Å². The molecule has 60 valence electrons. The van der Waals surface area contributed by atoms with Gasteiger partial charge in [0.05, 0.1) is 4.92 Å². The van der Waals surface area contributed by atoms with Gasteiger partial charge in [0, 0.05) is 11.6 Å². The Labute approximate surface area is 63.2 Å². The summed E-state index contributed by atoms with van der Waals surface area (Å²) in [5.74, 6) is 0. The number of nitrogens with zero attached hydrogens (tertiary/aromatic N) is 1. The first kappa shape index (κ1) is 9.55. The van der Waals surface area contributed by atoms with Crippen molar-refractivity contribution in [3.63, 3.8) is 0 Å². The molecule has 0 amide bonds. The number of benzene rings is 1. The Morgan fingerprint density at radius 3 is 2.27 bits per heavy atom. The fourth-order valence-electron chi connectivity index (χ4n) is 0.768. The van der Waals surface area contributed by atoms with E-state index in [-0.39, 0.29) is 15.3 Å². The lowest BCUT2D eigenvalue weighted by Gasteiger charge is -1.92. The van der Waals surface area contributed by atoms with Crippen LogP contribution in [0.1, 0.15) is 5.56 Å². The summed E-state index contributed by atoms with van der Waals surface area (Å²) < 4.78 is 0. The van der Waals surface area contributed by atoms with Crippen LogP contribution < -0.4 is 0 Å². The fourth-order valence-corrected chi connectivity index (χ4v) is 0.768. The van der Waals surface area contributed by atoms with E-state index in [9.17, 15) is 10.1 Å². The van der Waals surface area contributed by atoms with Crippen LogP contribution >= 0.6 is 0 Å². The van der Waals surface area contributed by atoms with Gasteiger partial charge in [-0.25, -0.2) is 0 Å². The van der Waals surface area contributed by atoms with Crippen LogP contribution in [0, 0.1) is 17.0 Å². The van der Waals surface area contributed by atoms with Crippen LogP contribution in [-0.2, 0) is 0 Å². The molecule has 1 aromatic rings. The first-order valence-electron chi connectivity index (χ1n) is 2.92. The van der Waals surface area contributed by atoms with Crippen molar-refractivity contribution in [1.82, 2.24) is 0 Å². The predicted octanol–water partition coefficient (Wildman–Crippen LogP) is 2.06. The third-order valence-electron chi connectivity index (χ3n) is 1.31. The highest BCUT2D eigenvalue weighted by molar-refractivity contribution is 5.38. The van der Waals surface area contributed by atoms with Crippen LogP contribution in [0.3, 0.4) is 0 Å². The molecule has 0 bridgehead atoms. The second-order valence-electron chi connectivity index (χ2n) is 2.04. The van der Waals surface area contributed by atoms with Gasteiger partial charge in [-0.15, -0.1) is 0 Å². The van der Waals surface area contributed by atoms with Crippen molar-refractivity contribution in [2.45, 2.75) is 6.92 Å². The summed E-state index contributed by atoms with van der Waals surface area (Å²) in [4.78, 5) is 9.85. The summed E-state index contributed by atoms with van der Waals surface area (Å²) in [5, 5.41) is 10.2. The molecule has 0 aromatic heterocycles. The second-order valence-corrected chi connectivity index (χ2v) is 2.04. The van der Waals surface area contributed by atoms with Gasteiger partial charge in [0.1, 0.15) is 0 Å². The topological polar surface area (TPSA) is 43.1 Å². The number of rotatable bonds is 1. The Balaban J connectivity index is 0.000001000. The van der Waals surface area contributed by atoms with Crippen LogP contribution in [-0.4, -0.2) is 4.92 Å². The summed E-state index contributed by atoms with van der Waals surface area (Å²) in [5.41, 5.74) is 0.884. The van der Waals surface area contributed by atoms with E-state index in [4.69, 9.17) is 0 Å². The number of hydrogen-bond donors (Lipinski definition) is 0. The molecular weight excluding hydrogens is 149 g/mol. The molecule has 0 spiro atoms. The zero-order chi connectivity index (χ0) is 7.56. The van der Waals surface area contributed by atoms with Gasteiger partial charge < -0.3 is 0 Å². The van der Waals surface area contributed by atoms with Crippen LogP contribution in [0.5, 0.6) is 0 Å². The number of hydrogen-bond acceptors (Lipinski definition) is 2. The van der Waals surface area contributed by atoms with E-state index in [1.165, 1.54) is 6.07 Å². The molecule has 0 aliphatic carbocycles. The van der Waals surface area contributed by atoms with Crippen LogP contribution in [0.15, 0.2) is 24.3 Å².